The Morgan fingerprint density at radius 1 is 1.33 bits per heavy atom. The monoisotopic (exact) mass is 324 g/mol. The van der Waals surface area contributed by atoms with Crippen LogP contribution in [0.15, 0.2) is 28.8 Å². The number of aromatic nitrogens is 2. The molecule has 2 heterocycles. The van der Waals surface area contributed by atoms with Gasteiger partial charge in [-0.05, 0) is 43.5 Å². The smallest absolute Gasteiger partial charge is 0.254 e. The summed E-state index contributed by atoms with van der Waals surface area (Å²) in [7, 11) is 0. The number of nitrogens with zero attached hydrogens (tertiary/aromatic N) is 4. The lowest BCUT2D eigenvalue weighted by atomic mass is 10.00. The predicted molar refractivity (Wildman–Crippen MR) is 87.2 cm³/mol. The summed E-state index contributed by atoms with van der Waals surface area (Å²) in [5.41, 5.74) is 1.12. The third kappa shape index (κ3) is 3.16. The van der Waals surface area contributed by atoms with Gasteiger partial charge in [0, 0.05) is 18.0 Å². The van der Waals surface area contributed by atoms with E-state index in [0.717, 1.165) is 19.3 Å². The molecule has 6 nitrogen and oxygen atoms in total. The fourth-order valence-corrected chi connectivity index (χ4v) is 2.90. The number of hydrogen-bond acceptors (Lipinski definition) is 5. The maximum absolute atomic E-state index is 12.9. The number of likely N-dealkylation sites (tertiary alicyclic amines) is 1. The summed E-state index contributed by atoms with van der Waals surface area (Å²) >= 11 is 0. The Labute approximate surface area is 141 Å². The average molecular weight is 324 g/mol. The van der Waals surface area contributed by atoms with Gasteiger partial charge >= 0.3 is 0 Å². The number of amides is 1. The van der Waals surface area contributed by atoms with E-state index in [1.54, 1.807) is 24.3 Å². The highest BCUT2D eigenvalue weighted by Gasteiger charge is 2.32. The molecule has 1 amide bonds. The minimum Gasteiger partial charge on any atom is -0.337 e. The summed E-state index contributed by atoms with van der Waals surface area (Å²) in [4.78, 5) is 19.2. The molecule has 1 aliphatic heterocycles. The molecule has 1 aliphatic rings. The van der Waals surface area contributed by atoms with Crippen LogP contribution in [0.4, 0.5) is 0 Å². The molecule has 3 rings (SSSR count). The van der Waals surface area contributed by atoms with Crippen molar-refractivity contribution in [2.45, 2.75) is 45.1 Å². The van der Waals surface area contributed by atoms with Crippen LogP contribution < -0.4 is 0 Å². The van der Waals surface area contributed by atoms with Gasteiger partial charge in [-0.15, -0.1) is 0 Å². The highest BCUT2D eigenvalue weighted by atomic mass is 16.5. The van der Waals surface area contributed by atoms with E-state index in [0.29, 0.717) is 29.4 Å². The van der Waals surface area contributed by atoms with Gasteiger partial charge in [0.25, 0.3) is 5.91 Å². The van der Waals surface area contributed by atoms with Crippen LogP contribution in [-0.4, -0.2) is 27.5 Å². The van der Waals surface area contributed by atoms with Crippen molar-refractivity contribution in [1.82, 2.24) is 15.0 Å². The number of carbonyl (C=O) groups excluding carboxylic acids is 1. The Morgan fingerprint density at radius 2 is 2.08 bits per heavy atom. The van der Waals surface area contributed by atoms with Crippen molar-refractivity contribution < 1.29 is 9.32 Å². The van der Waals surface area contributed by atoms with Gasteiger partial charge in [-0.25, -0.2) is 0 Å². The van der Waals surface area contributed by atoms with Crippen LogP contribution in [0.5, 0.6) is 0 Å². The summed E-state index contributed by atoms with van der Waals surface area (Å²) < 4.78 is 5.42. The number of nitriles is 1. The molecule has 0 radical (unpaired) electrons. The molecular formula is C18H20N4O2. The van der Waals surface area contributed by atoms with Crippen LogP contribution in [0.3, 0.4) is 0 Å². The quantitative estimate of drug-likeness (QED) is 0.863. The first kappa shape index (κ1) is 16.2. The van der Waals surface area contributed by atoms with Crippen LogP contribution in [0.1, 0.15) is 72.7 Å². The van der Waals surface area contributed by atoms with Gasteiger partial charge in [-0.2, -0.15) is 10.2 Å². The standard InChI is InChI=1S/C18H20N4O2/c1-12(2)16-20-17(24-21-16)15-5-3-4-10-22(15)18(23)14-8-6-13(11-19)7-9-14/h6-9,12,15H,3-5,10H2,1-2H3/t15-/m0/s1. The van der Waals surface area contributed by atoms with Gasteiger partial charge in [0.15, 0.2) is 5.82 Å². The zero-order valence-electron chi connectivity index (χ0n) is 13.9. The summed E-state index contributed by atoms with van der Waals surface area (Å²) in [6.07, 6.45) is 2.81. The van der Waals surface area contributed by atoms with E-state index in [1.807, 2.05) is 18.7 Å². The SMILES string of the molecule is CC(C)c1noc([C@@H]2CCCCN2C(=O)c2ccc(C#N)cc2)n1. The molecule has 0 N–H and O–H groups in total. The van der Waals surface area contributed by atoms with E-state index in [2.05, 4.69) is 16.2 Å². The maximum Gasteiger partial charge on any atom is 0.254 e. The fourth-order valence-electron chi connectivity index (χ4n) is 2.90. The molecule has 0 spiro atoms. The minimum absolute atomic E-state index is 0.0616. The van der Waals surface area contributed by atoms with E-state index in [-0.39, 0.29) is 17.9 Å². The second-order valence-electron chi connectivity index (χ2n) is 6.34. The van der Waals surface area contributed by atoms with Crippen LogP contribution in [0.25, 0.3) is 0 Å². The molecular weight excluding hydrogens is 304 g/mol. The van der Waals surface area contributed by atoms with Gasteiger partial charge in [-0.3, -0.25) is 4.79 Å². The first-order chi connectivity index (χ1) is 11.6. The van der Waals surface area contributed by atoms with Crippen molar-refractivity contribution in [3.63, 3.8) is 0 Å². The first-order valence-electron chi connectivity index (χ1n) is 8.24. The van der Waals surface area contributed by atoms with Crippen molar-refractivity contribution in [1.29, 1.82) is 5.26 Å². The Kier molecular flexibility index (Phi) is 4.61. The number of carbonyl (C=O) groups is 1. The number of rotatable bonds is 3. The summed E-state index contributed by atoms with van der Waals surface area (Å²) in [5.74, 6) is 1.31. The summed E-state index contributed by atoms with van der Waals surface area (Å²) in [6, 6.07) is 8.60. The highest BCUT2D eigenvalue weighted by Crippen LogP contribution is 2.31. The minimum atomic E-state index is -0.179. The fraction of sp³-hybridized carbons (Fsp3) is 0.444. The molecule has 0 aliphatic carbocycles. The maximum atomic E-state index is 12.9. The number of benzene rings is 1. The lowest BCUT2D eigenvalue weighted by Crippen LogP contribution is -2.38. The molecule has 1 atom stereocenters. The van der Waals surface area contributed by atoms with Gasteiger partial charge < -0.3 is 9.42 Å². The lowest BCUT2D eigenvalue weighted by molar-refractivity contribution is 0.0561. The van der Waals surface area contributed by atoms with Crippen molar-refractivity contribution in [3.05, 3.63) is 47.1 Å². The van der Waals surface area contributed by atoms with E-state index < -0.39 is 0 Å². The van der Waals surface area contributed by atoms with E-state index >= 15 is 0 Å². The van der Waals surface area contributed by atoms with Crippen molar-refractivity contribution in [2.24, 2.45) is 0 Å². The van der Waals surface area contributed by atoms with Crippen LogP contribution in [-0.2, 0) is 0 Å². The molecule has 2 aromatic rings. The van der Waals surface area contributed by atoms with Crippen molar-refractivity contribution in [3.8, 4) is 6.07 Å². The predicted octanol–water partition coefficient (Wildman–Crippen LogP) is 3.43. The molecule has 0 saturated carbocycles. The first-order valence-corrected chi connectivity index (χ1v) is 8.24. The van der Waals surface area contributed by atoms with Gasteiger partial charge in [-0.1, -0.05) is 19.0 Å². The largest absolute Gasteiger partial charge is 0.337 e. The topological polar surface area (TPSA) is 83.0 Å². The van der Waals surface area contributed by atoms with E-state index in [9.17, 15) is 4.79 Å². The average Bonchev–Trinajstić information content (AvgIpc) is 3.11. The molecule has 1 fully saturated rings. The Bertz CT molecular complexity index is 758. The van der Waals surface area contributed by atoms with Crippen molar-refractivity contribution >= 4 is 5.91 Å². The zero-order chi connectivity index (χ0) is 17.1. The molecule has 0 bridgehead atoms. The summed E-state index contributed by atoms with van der Waals surface area (Å²) in [5, 5.41) is 12.9. The third-order valence-corrected chi connectivity index (χ3v) is 4.28. The molecule has 0 unspecified atom stereocenters. The second-order valence-corrected chi connectivity index (χ2v) is 6.34. The van der Waals surface area contributed by atoms with Gasteiger partial charge in [0.1, 0.15) is 6.04 Å². The van der Waals surface area contributed by atoms with Crippen LogP contribution >= 0.6 is 0 Å². The highest BCUT2D eigenvalue weighted by molar-refractivity contribution is 5.94. The molecule has 1 saturated heterocycles. The lowest BCUT2D eigenvalue weighted by Gasteiger charge is -2.33. The normalized spacial score (nSPS) is 17.8. The van der Waals surface area contributed by atoms with E-state index in [1.165, 1.54) is 0 Å². The van der Waals surface area contributed by atoms with Crippen LogP contribution in [0, 0.1) is 11.3 Å². The Balaban J connectivity index is 1.85. The molecule has 24 heavy (non-hydrogen) atoms. The van der Waals surface area contributed by atoms with Gasteiger partial charge in [0.05, 0.1) is 11.6 Å². The summed E-state index contributed by atoms with van der Waals surface area (Å²) in [6.45, 7) is 4.69. The Morgan fingerprint density at radius 3 is 2.71 bits per heavy atom. The molecule has 1 aromatic carbocycles. The molecule has 6 heteroatoms. The van der Waals surface area contributed by atoms with Gasteiger partial charge in [0.2, 0.25) is 5.89 Å². The Hall–Kier alpha value is -2.68. The second kappa shape index (κ2) is 6.83. The molecule has 1 aromatic heterocycles. The van der Waals surface area contributed by atoms with Crippen LogP contribution in [0.2, 0.25) is 0 Å². The number of piperidine rings is 1. The van der Waals surface area contributed by atoms with E-state index in [4.69, 9.17) is 9.78 Å². The number of hydrogen-bond donors (Lipinski definition) is 0. The third-order valence-electron chi connectivity index (χ3n) is 4.28. The molecule has 124 valence electrons. The zero-order valence-corrected chi connectivity index (χ0v) is 13.9. The van der Waals surface area contributed by atoms with Crippen molar-refractivity contribution in [2.75, 3.05) is 6.54 Å².